The first-order valence-corrected chi connectivity index (χ1v) is 8.42. The highest BCUT2D eigenvalue weighted by atomic mass is 79.9. The fraction of sp³-hybridized carbons (Fsp3) is 0.714. The number of likely N-dealkylation sites (tertiary alicyclic amines) is 1. The summed E-state index contributed by atoms with van der Waals surface area (Å²) in [6, 6.07) is 5.35. The molecule has 2 aliphatic rings. The summed E-state index contributed by atoms with van der Waals surface area (Å²) >= 11 is 5.46. The van der Waals surface area contributed by atoms with Crippen LogP contribution in [0.25, 0.3) is 0 Å². The Bertz CT molecular complexity index is 374. The van der Waals surface area contributed by atoms with Crippen molar-refractivity contribution < 1.29 is 0 Å². The lowest BCUT2D eigenvalue weighted by Crippen LogP contribution is -2.46. The van der Waals surface area contributed by atoms with Gasteiger partial charge in [0.1, 0.15) is 0 Å². The Morgan fingerprint density at radius 3 is 2.82 bits per heavy atom. The molecule has 1 aliphatic heterocycles. The van der Waals surface area contributed by atoms with Crippen molar-refractivity contribution in [3.63, 3.8) is 0 Å². The van der Waals surface area contributed by atoms with Crippen molar-refractivity contribution in [1.82, 2.24) is 4.90 Å². The molecule has 94 valence electrons. The quantitative estimate of drug-likeness (QED) is 0.767. The summed E-state index contributed by atoms with van der Waals surface area (Å²) in [5.41, 5.74) is 0. The largest absolute Gasteiger partial charge is 0.295 e. The van der Waals surface area contributed by atoms with Gasteiger partial charge in [0.25, 0.3) is 0 Å². The lowest BCUT2D eigenvalue weighted by molar-refractivity contribution is 0.0555. The number of piperidine rings is 1. The predicted molar refractivity (Wildman–Crippen MR) is 77.4 cm³/mol. The molecule has 1 aliphatic carbocycles. The number of halogens is 1. The minimum absolute atomic E-state index is 0.887. The maximum atomic E-state index is 3.57. The molecule has 2 fully saturated rings. The van der Waals surface area contributed by atoms with E-state index in [1.54, 1.807) is 0 Å². The normalized spacial score (nSPS) is 30.2. The van der Waals surface area contributed by atoms with E-state index in [0.717, 1.165) is 12.0 Å². The fourth-order valence-electron chi connectivity index (χ4n) is 3.56. The van der Waals surface area contributed by atoms with Gasteiger partial charge in [0, 0.05) is 17.5 Å². The van der Waals surface area contributed by atoms with Gasteiger partial charge in [0.05, 0.1) is 3.79 Å². The number of hydrogen-bond acceptors (Lipinski definition) is 2. The van der Waals surface area contributed by atoms with E-state index in [0.29, 0.717) is 0 Å². The van der Waals surface area contributed by atoms with Crippen LogP contribution in [0.2, 0.25) is 0 Å². The Kier molecular flexibility index (Phi) is 3.88. The van der Waals surface area contributed by atoms with Crippen LogP contribution in [0.5, 0.6) is 0 Å². The van der Waals surface area contributed by atoms with Crippen LogP contribution in [0.3, 0.4) is 0 Å². The molecule has 0 amide bonds. The van der Waals surface area contributed by atoms with Gasteiger partial charge in [-0.1, -0.05) is 12.8 Å². The van der Waals surface area contributed by atoms with Gasteiger partial charge in [-0.25, -0.2) is 0 Å². The minimum Gasteiger partial charge on any atom is -0.295 e. The second kappa shape index (κ2) is 5.41. The molecule has 3 rings (SSSR count). The summed E-state index contributed by atoms with van der Waals surface area (Å²) in [5, 5.41) is 0. The number of hydrogen-bond donors (Lipinski definition) is 0. The highest BCUT2D eigenvalue weighted by Gasteiger charge is 2.32. The van der Waals surface area contributed by atoms with E-state index >= 15 is 0 Å². The van der Waals surface area contributed by atoms with E-state index in [4.69, 9.17) is 0 Å². The Morgan fingerprint density at radius 1 is 1.18 bits per heavy atom. The first-order valence-electron chi connectivity index (χ1n) is 6.81. The summed E-state index contributed by atoms with van der Waals surface area (Å²) in [4.78, 5) is 4.27. The molecular formula is C14H20BrNS. The zero-order valence-corrected chi connectivity index (χ0v) is 12.6. The molecule has 0 bridgehead atoms. The van der Waals surface area contributed by atoms with Crippen molar-refractivity contribution in [2.24, 2.45) is 5.92 Å². The van der Waals surface area contributed by atoms with Crippen molar-refractivity contribution in [1.29, 1.82) is 0 Å². The minimum atomic E-state index is 0.887. The van der Waals surface area contributed by atoms with Crippen molar-refractivity contribution in [3.8, 4) is 0 Å². The monoisotopic (exact) mass is 313 g/mol. The highest BCUT2D eigenvalue weighted by molar-refractivity contribution is 9.11. The van der Waals surface area contributed by atoms with Crippen LogP contribution in [0.15, 0.2) is 15.9 Å². The molecule has 0 N–H and O–H groups in total. The molecule has 1 saturated heterocycles. The van der Waals surface area contributed by atoms with Gasteiger partial charge in [0.2, 0.25) is 0 Å². The first-order chi connectivity index (χ1) is 8.33. The Hall–Kier alpha value is 0.140. The molecule has 1 aromatic rings. The average Bonchev–Trinajstić information content (AvgIpc) is 2.75. The molecule has 17 heavy (non-hydrogen) atoms. The van der Waals surface area contributed by atoms with Gasteiger partial charge in [0.15, 0.2) is 0 Å². The van der Waals surface area contributed by atoms with Crippen molar-refractivity contribution >= 4 is 27.3 Å². The Labute approximate surface area is 116 Å². The summed E-state index contributed by atoms with van der Waals surface area (Å²) in [7, 11) is 0. The van der Waals surface area contributed by atoms with Gasteiger partial charge < -0.3 is 0 Å². The maximum Gasteiger partial charge on any atom is 0.0701 e. The molecular weight excluding hydrogens is 294 g/mol. The lowest BCUT2D eigenvalue weighted by atomic mass is 9.78. The molecule has 3 heteroatoms. The van der Waals surface area contributed by atoms with Gasteiger partial charge in [-0.3, -0.25) is 4.90 Å². The highest BCUT2D eigenvalue weighted by Crippen LogP contribution is 2.36. The number of rotatable bonds is 2. The Morgan fingerprint density at radius 2 is 2.00 bits per heavy atom. The zero-order valence-electron chi connectivity index (χ0n) is 10.2. The van der Waals surface area contributed by atoms with Crippen LogP contribution in [0, 0.1) is 5.92 Å². The molecule has 2 heterocycles. The van der Waals surface area contributed by atoms with E-state index in [1.807, 2.05) is 11.3 Å². The summed E-state index contributed by atoms with van der Waals surface area (Å²) < 4.78 is 1.27. The van der Waals surface area contributed by atoms with Crippen molar-refractivity contribution in [2.75, 3.05) is 6.54 Å². The topological polar surface area (TPSA) is 3.24 Å². The number of thiophene rings is 1. The van der Waals surface area contributed by atoms with E-state index in [2.05, 4.69) is 33.0 Å². The van der Waals surface area contributed by atoms with Crippen LogP contribution >= 0.6 is 27.3 Å². The third-order valence-corrected chi connectivity index (χ3v) is 5.95. The van der Waals surface area contributed by atoms with E-state index < -0.39 is 0 Å². The molecule has 2 atom stereocenters. The lowest BCUT2D eigenvalue weighted by Gasteiger charge is -2.44. The Balaban J connectivity index is 1.68. The molecule has 0 radical (unpaired) electrons. The van der Waals surface area contributed by atoms with Crippen molar-refractivity contribution in [2.45, 2.75) is 51.1 Å². The molecule has 1 nitrogen and oxygen atoms in total. The predicted octanol–water partition coefficient (Wildman–Crippen LogP) is 4.67. The SMILES string of the molecule is Brc1ccc(CN2CCCC3CCCCC32)s1. The van der Waals surface area contributed by atoms with Gasteiger partial charge in [-0.2, -0.15) is 0 Å². The molecule has 1 aromatic heterocycles. The fourth-order valence-corrected chi connectivity index (χ4v) is 5.07. The summed E-state index contributed by atoms with van der Waals surface area (Å²) in [5.74, 6) is 1.00. The van der Waals surface area contributed by atoms with Crippen LogP contribution in [0.4, 0.5) is 0 Å². The van der Waals surface area contributed by atoms with Crippen LogP contribution in [-0.4, -0.2) is 17.5 Å². The molecule has 0 aromatic carbocycles. The number of fused-ring (bicyclic) bond motifs is 1. The average molecular weight is 314 g/mol. The summed E-state index contributed by atoms with van der Waals surface area (Å²) in [6.45, 7) is 2.49. The standard InChI is InChI=1S/C14H20BrNS/c15-14-8-7-12(17-14)10-16-9-3-5-11-4-1-2-6-13(11)16/h7-8,11,13H,1-6,9-10H2. The van der Waals surface area contributed by atoms with Gasteiger partial charge in [-0.05, 0) is 66.2 Å². The van der Waals surface area contributed by atoms with Crippen LogP contribution in [0.1, 0.15) is 43.4 Å². The van der Waals surface area contributed by atoms with Crippen LogP contribution in [-0.2, 0) is 6.54 Å². The molecule has 2 unspecified atom stereocenters. The van der Waals surface area contributed by atoms with E-state index in [1.165, 1.54) is 60.3 Å². The van der Waals surface area contributed by atoms with Gasteiger partial charge in [-0.15, -0.1) is 11.3 Å². The van der Waals surface area contributed by atoms with Crippen molar-refractivity contribution in [3.05, 3.63) is 20.8 Å². The maximum absolute atomic E-state index is 3.57. The summed E-state index contributed by atoms with van der Waals surface area (Å²) in [6.07, 6.45) is 8.74. The number of nitrogens with zero attached hydrogens (tertiary/aromatic N) is 1. The zero-order chi connectivity index (χ0) is 11.7. The third-order valence-electron chi connectivity index (χ3n) is 4.35. The first kappa shape index (κ1) is 12.2. The van der Waals surface area contributed by atoms with E-state index in [-0.39, 0.29) is 0 Å². The molecule has 1 saturated carbocycles. The van der Waals surface area contributed by atoms with E-state index in [9.17, 15) is 0 Å². The molecule has 0 spiro atoms. The van der Waals surface area contributed by atoms with Gasteiger partial charge >= 0.3 is 0 Å². The second-order valence-corrected chi connectivity index (χ2v) is 7.98. The smallest absolute Gasteiger partial charge is 0.0701 e. The third kappa shape index (κ3) is 2.77. The van der Waals surface area contributed by atoms with Crippen LogP contribution < -0.4 is 0 Å². The second-order valence-electron chi connectivity index (χ2n) is 5.43.